The Bertz CT molecular complexity index is 564. The van der Waals surface area contributed by atoms with Crippen molar-refractivity contribution in [2.45, 2.75) is 19.4 Å². The summed E-state index contributed by atoms with van der Waals surface area (Å²) in [6.45, 7) is 1.92. The number of nitrogens with zero attached hydrogens (tertiary/aromatic N) is 1. The summed E-state index contributed by atoms with van der Waals surface area (Å²) in [5.41, 5.74) is 3.66. The highest BCUT2D eigenvalue weighted by Gasteiger charge is 2.09. The number of aromatic nitrogens is 1. The highest BCUT2D eigenvalue weighted by Crippen LogP contribution is 2.19. The number of carbonyl (C=O) groups excluding carboxylic acids is 1. The van der Waals surface area contributed by atoms with E-state index in [1.54, 1.807) is 23.1 Å². The van der Waals surface area contributed by atoms with Gasteiger partial charge in [0, 0.05) is 28.5 Å². The molecule has 2 amide bonds. The first kappa shape index (κ1) is 14.8. The van der Waals surface area contributed by atoms with Crippen molar-refractivity contribution < 1.29 is 4.79 Å². The third-order valence-corrected chi connectivity index (χ3v) is 3.11. The van der Waals surface area contributed by atoms with Crippen LogP contribution in [0.4, 0.5) is 4.79 Å². The number of benzene rings is 1. The molecule has 0 aliphatic carbocycles. The molecule has 2 N–H and O–H groups in total. The number of rotatable bonds is 4. The van der Waals surface area contributed by atoms with E-state index in [4.69, 9.17) is 23.2 Å². The maximum atomic E-state index is 11.7. The van der Waals surface area contributed by atoms with E-state index in [-0.39, 0.29) is 12.1 Å². The van der Waals surface area contributed by atoms with Crippen LogP contribution in [-0.4, -0.2) is 16.7 Å². The molecule has 2 rings (SSSR count). The number of urea groups is 1. The normalized spacial score (nSPS) is 11.9. The summed E-state index contributed by atoms with van der Waals surface area (Å²) in [5, 5.41) is 4.04. The van der Waals surface area contributed by atoms with Crippen molar-refractivity contribution in [3.8, 4) is 0 Å². The predicted octanol–water partition coefficient (Wildman–Crippen LogP) is 3.68. The minimum atomic E-state index is -0.262. The van der Waals surface area contributed by atoms with Gasteiger partial charge in [0.1, 0.15) is 0 Å². The van der Waals surface area contributed by atoms with Crippen LogP contribution in [0.3, 0.4) is 0 Å². The third-order valence-electron chi connectivity index (χ3n) is 2.68. The highest BCUT2D eigenvalue weighted by atomic mass is 35.5. The number of hydrogen-bond donors (Lipinski definition) is 2. The zero-order valence-corrected chi connectivity index (χ0v) is 12.4. The lowest BCUT2D eigenvalue weighted by atomic mass is 10.1. The Labute approximate surface area is 127 Å². The second kappa shape index (κ2) is 6.68. The van der Waals surface area contributed by atoms with Crippen LogP contribution < -0.4 is 10.7 Å². The van der Waals surface area contributed by atoms with E-state index in [2.05, 4.69) is 10.7 Å². The molecular formula is C14H15Cl2N3O. The lowest BCUT2D eigenvalue weighted by Crippen LogP contribution is -2.40. The summed E-state index contributed by atoms with van der Waals surface area (Å²) < 4.78 is 1.58. The highest BCUT2D eigenvalue weighted by molar-refractivity contribution is 6.34. The molecule has 1 atom stereocenters. The topological polar surface area (TPSA) is 46.1 Å². The van der Waals surface area contributed by atoms with Crippen molar-refractivity contribution in [1.29, 1.82) is 0 Å². The minimum absolute atomic E-state index is 0.0416. The van der Waals surface area contributed by atoms with Crippen LogP contribution in [0.1, 0.15) is 12.5 Å². The van der Waals surface area contributed by atoms with Gasteiger partial charge in [-0.25, -0.2) is 10.2 Å². The standard InChI is InChI=1S/C14H15Cl2N3O/c1-10(6-11-7-12(15)9-13(16)8-11)17-14(20)18-19-4-2-3-5-19/h2-5,7-10H,6H2,1H3,(H2,17,18,20). The van der Waals surface area contributed by atoms with Crippen LogP contribution in [0.5, 0.6) is 0 Å². The zero-order chi connectivity index (χ0) is 14.5. The van der Waals surface area contributed by atoms with Gasteiger partial charge in [0.25, 0.3) is 0 Å². The molecule has 1 aromatic heterocycles. The average Bonchev–Trinajstić information content (AvgIpc) is 2.79. The fourth-order valence-corrected chi connectivity index (χ4v) is 2.49. The molecule has 0 spiro atoms. The average molecular weight is 312 g/mol. The van der Waals surface area contributed by atoms with E-state index in [0.29, 0.717) is 16.5 Å². The first-order chi connectivity index (χ1) is 9.52. The lowest BCUT2D eigenvalue weighted by Gasteiger charge is -2.15. The van der Waals surface area contributed by atoms with E-state index in [9.17, 15) is 4.79 Å². The van der Waals surface area contributed by atoms with Crippen molar-refractivity contribution >= 4 is 29.2 Å². The molecule has 0 aliphatic rings. The molecule has 1 heterocycles. The van der Waals surface area contributed by atoms with Crippen LogP contribution in [-0.2, 0) is 6.42 Å². The van der Waals surface area contributed by atoms with E-state index in [1.807, 2.05) is 31.2 Å². The van der Waals surface area contributed by atoms with Crippen molar-refractivity contribution in [3.05, 3.63) is 58.3 Å². The number of carbonyl (C=O) groups is 1. The van der Waals surface area contributed by atoms with Crippen molar-refractivity contribution in [3.63, 3.8) is 0 Å². The Kier molecular flexibility index (Phi) is 4.93. The third kappa shape index (κ3) is 4.47. The molecule has 0 bridgehead atoms. The molecule has 1 aromatic carbocycles. The van der Waals surface area contributed by atoms with Crippen molar-refractivity contribution in [2.24, 2.45) is 0 Å². The van der Waals surface area contributed by atoms with Gasteiger partial charge in [0.2, 0.25) is 0 Å². The number of amides is 2. The lowest BCUT2D eigenvalue weighted by molar-refractivity contribution is 0.246. The van der Waals surface area contributed by atoms with Gasteiger partial charge in [-0.05, 0) is 49.2 Å². The van der Waals surface area contributed by atoms with Crippen LogP contribution in [0.15, 0.2) is 42.7 Å². The van der Waals surface area contributed by atoms with Gasteiger partial charge >= 0.3 is 6.03 Å². The summed E-state index contributed by atoms with van der Waals surface area (Å²) in [5.74, 6) is 0. The molecule has 0 fully saturated rings. The fourth-order valence-electron chi connectivity index (χ4n) is 1.92. The number of nitrogens with one attached hydrogen (secondary N) is 2. The van der Waals surface area contributed by atoms with Gasteiger partial charge in [-0.1, -0.05) is 23.2 Å². The van der Waals surface area contributed by atoms with Crippen molar-refractivity contribution in [2.75, 3.05) is 5.43 Å². The summed E-state index contributed by atoms with van der Waals surface area (Å²) in [7, 11) is 0. The molecule has 4 nitrogen and oxygen atoms in total. The maximum Gasteiger partial charge on any atom is 0.334 e. The summed E-state index contributed by atoms with van der Waals surface area (Å²) in [6, 6.07) is 8.73. The number of halogens is 2. The summed E-state index contributed by atoms with van der Waals surface area (Å²) in [6.07, 6.45) is 4.15. The van der Waals surface area contributed by atoms with E-state index in [0.717, 1.165) is 5.56 Å². The number of hydrogen-bond acceptors (Lipinski definition) is 1. The molecule has 20 heavy (non-hydrogen) atoms. The van der Waals surface area contributed by atoms with Gasteiger partial charge in [0.15, 0.2) is 0 Å². The van der Waals surface area contributed by atoms with Crippen LogP contribution in [0, 0.1) is 0 Å². The van der Waals surface area contributed by atoms with Gasteiger partial charge < -0.3 is 5.32 Å². The Morgan fingerprint density at radius 3 is 2.40 bits per heavy atom. The molecule has 1 unspecified atom stereocenters. The second-order valence-electron chi connectivity index (χ2n) is 4.56. The molecule has 0 saturated heterocycles. The van der Waals surface area contributed by atoms with Gasteiger partial charge in [-0.3, -0.25) is 4.68 Å². The Morgan fingerprint density at radius 2 is 1.80 bits per heavy atom. The van der Waals surface area contributed by atoms with Gasteiger partial charge in [-0.2, -0.15) is 0 Å². The largest absolute Gasteiger partial charge is 0.334 e. The first-order valence-corrected chi connectivity index (χ1v) is 6.94. The van der Waals surface area contributed by atoms with Gasteiger partial charge in [0.05, 0.1) is 0 Å². The molecule has 0 radical (unpaired) electrons. The van der Waals surface area contributed by atoms with Crippen LogP contribution in [0.2, 0.25) is 10.0 Å². The summed E-state index contributed by atoms with van der Waals surface area (Å²) in [4.78, 5) is 11.7. The minimum Gasteiger partial charge on any atom is -0.334 e. The SMILES string of the molecule is CC(Cc1cc(Cl)cc(Cl)c1)NC(=O)Nn1cccc1. The van der Waals surface area contributed by atoms with Crippen LogP contribution >= 0.6 is 23.2 Å². The molecule has 0 saturated carbocycles. The fraction of sp³-hybridized carbons (Fsp3) is 0.214. The summed E-state index contributed by atoms with van der Waals surface area (Å²) >= 11 is 11.9. The second-order valence-corrected chi connectivity index (χ2v) is 5.43. The van der Waals surface area contributed by atoms with E-state index < -0.39 is 0 Å². The smallest absolute Gasteiger partial charge is 0.334 e. The quantitative estimate of drug-likeness (QED) is 0.889. The van der Waals surface area contributed by atoms with E-state index in [1.165, 1.54) is 0 Å². The zero-order valence-electron chi connectivity index (χ0n) is 10.9. The molecular weight excluding hydrogens is 297 g/mol. The van der Waals surface area contributed by atoms with E-state index >= 15 is 0 Å². The monoisotopic (exact) mass is 311 g/mol. The van der Waals surface area contributed by atoms with Crippen LogP contribution in [0.25, 0.3) is 0 Å². The Morgan fingerprint density at radius 1 is 1.20 bits per heavy atom. The Balaban J connectivity index is 1.88. The van der Waals surface area contributed by atoms with Crippen molar-refractivity contribution in [1.82, 2.24) is 9.99 Å². The Hall–Kier alpha value is -1.65. The predicted molar refractivity (Wildman–Crippen MR) is 82.0 cm³/mol. The molecule has 0 aliphatic heterocycles. The molecule has 6 heteroatoms. The maximum absolute atomic E-state index is 11.7. The van der Waals surface area contributed by atoms with Gasteiger partial charge in [-0.15, -0.1) is 0 Å². The first-order valence-electron chi connectivity index (χ1n) is 6.18. The molecule has 2 aromatic rings. The molecule has 106 valence electrons.